The number of hydrogen-bond donors (Lipinski definition) is 2. The number of carbonyl (C=O) groups excluding carboxylic acids is 2. The molecule has 0 aliphatic carbocycles. The van der Waals surface area contributed by atoms with Gasteiger partial charge in [-0.2, -0.15) is 0 Å². The molecule has 41 heavy (non-hydrogen) atoms. The van der Waals surface area contributed by atoms with Gasteiger partial charge in [0.15, 0.2) is 6.10 Å². The molecule has 0 spiro atoms. The van der Waals surface area contributed by atoms with Crippen molar-refractivity contribution in [3.63, 3.8) is 0 Å². The highest BCUT2D eigenvalue weighted by Gasteiger charge is 2.22. The lowest BCUT2D eigenvalue weighted by Crippen LogP contribution is -2.29. The molecule has 2 N–H and O–H groups in total. The Kier molecular flexibility index (Phi) is 26.4. The number of phosphoric ester groups is 1. The highest BCUT2D eigenvalue weighted by atomic mass is 31.2. The number of phosphoric acid groups is 1. The average molecular weight is 597 g/mol. The minimum atomic E-state index is -4.76. The number of allylic oxidation sites excluding steroid dienone is 10. The van der Waals surface area contributed by atoms with Crippen molar-refractivity contribution >= 4 is 19.8 Å². The van der Waals surface area contributed by atoms with E-state index in [1.165, 1.54) is 12.8 Å². The van der Waals surface area contributed by atoms with Crippen molar-refractivity contribution in [3.05, 3.63) is 60.8 Å². The van der Waals surface area contributed by atoms with Gasteiger partial charge in [-0.3, -0.25) is 14.1 Å². The van der Waals surface area contributed by atoms with Crippen LogP contribution in [0.3, 0.4) is 0 Å². The Labute approximate surface area is 247 Å². The molecule has 0 aromatic carbocycles. The Hall–Kier alpha value is -2.25. The highest BCUT2D eigenvalue weighted by molar-refractivity contribution is 7.46. The highest BCUT2D eigenvalue weighted by Crippen LogP contribution is 2.35. The van der Waals surface area contributed by atoms with Gasteiger partial charge in [0.2, 0.25) is 0 Å². The van der Waals surface area contributed by atoms with Gasteiger partial charge in [-0.1, -0.05) is 107 Å². The maximum Gasteiger partial charge on any atom is 0.469 e. The largest absolute Gasteiger partial charge is 0.469 e. The molecule has 0 aliphatic heterocycles. The van der Waals surface area contributed by atoms with Crippen LogP contribution in [-0.4, -0.2) is 41.0 Å². The Morgan fingerprint density at radius 1 is 0.659 bits per heavy atom. The molecule has 0 radical (unpaired) electrons. The van der Waals surface area contributed by atoms with Crippen molar-refractivity contribution in [1.29, 1.82) is 0 Å². The Bertz CT molecular complexity index is 854. The molecule has 0 aromatic rings. The summed E-state index contributed by atoms with van der Waals surface area (Å²) < 4.78 is 26.1. The molecule has 0 aliphatic rings. The smallest absolute Gasteiger partial charge is 0.462 e. The van der Waals surface area contributed by atoms with Crippen LogP contribution in [-0.2, 0) is 28.2 Å². The SMILES string of the molecule is CC/C=C/C=C/C=C/C=C/CCCCCC(=O)OC(COC(=O)CCCCCC/C=C/CCCC)COP(=O)(O)O. The molecule has 0 saturated heterocycles. The summed E-state index contributed by atoms with van der Waals surface area (Å²) in [5.41, 5.74) is 0. The first-order chi connectivity index (χ1) is 19.8. The van der Waals surface area contributed by atoms with Crippen molar-refractivity contribution < 1.29 is 37.9 Å². The summed E-state index contributed by atoms with van der Waals surface area (Å²) in [5.74, 6) is -0.958. The van der Waals surface area contributed by atoms with Crippen LogP contribution < -0.4 is 0 Å². The summed E-state index contributed by atoms with van der Waals surface area (Å²) >= 11 is 0. The summed E-state index contributed by atoms with van der Waals surface area (Å²) in [6.45, 7) is 3.40. The number of rotatable bonds is 26. The third-order valence-electron chi connectivity index (χ3n) is 5.86. The molecule has 8 nitrogen and oxygen atoms in total. The predicted octanol–water partition coefficient (Wildman–Crippen LogP) is 8.22. The second-order valence-corrected chi connectivity index (χ2v) is 11.0. The summed E-state index contributed by atoms with van der Waals surface area (Å²) in [6.07, 6.45) is 32.4. The van der Waals surface area contributed by atoms with Crippen LogP contribution in [0, 0.1) is 0 Å². The van der Waals surface area contributed by atoms with Crippen molar-refractivity contribution in [2.24, 2.45) is 0 Å². The summed E-state index contributed by atoms with van der Waals surface area (Å²) in [6, 6.07) is 0. The van der Waals surface area contributed by atoms with E-state index in [-0.39, 0.29) is 19.4 Å². The lowest BCUT2D eigenvalue weighted by molar-refractivity contribution is -0.161. The van der Waals surface area contributed by atoms with E-state index < -0.39 is 32.5 Å². The van der Waals surface area contributed by atoms with Crippen molar-refractivity contribution in [1.82, 2.24) is 0 Å². The first kappa shape index (κ1) is 38.8. The van der Waals surface area contributed by atoms with Crippen molar-refractivity contribution in [2.45, 2.75) is 116 Å². The maximum atomic E-state index is 12.2. The van der Waals surface area contributed by atoms with E-state index in [0.717, 1.165) is 57.8 Å². The monoisotopic (exact) mass is 596 g/mol. The predicted molar refractivity (Wildman–Crippen MR) is 165 cm³/mol. The van der Waals surface area contributed by atoms with Gasteiger partial charge < -0.3 is 19.3 Å². The Morgan fingerprint density at radius 3 is 1.83 bits per heavy atom. The van der Waals surface area contributed by atoms with E-state index >= 15 is 0 Å². The number of unbranched alkanes of at least 4 members (excludes halogenated alkanes) is 9. The van der Waals surface area contributed by atoms with Gasteiger partial charge in [-0.15, -0.1) is 0 Å². The van der Waals surface area contributed by atoms with Gasteiger partial charge in [0.25, 0.3) is 0 Å². The van der Waals surface area contributed by atoms with Crippen LogP contribution >= 0.6 is 7.82 Å². The average Bonchev–Trinajstić information content (AvgIpc) is 2.93. The number of hydrogen-bond acceptors (Lipinski definition) is 6. The van der Waals surface area contributed by atoms with Crippen LogP contribution in [0.1, 0.15) is 110 Å². The Morgan fingerprint density at radius 2 is 1.20 bits per heavy atom. The third-order valence-corrected chi connectivity index (χ3v) is 6.35. The molecular weight excluding hydrogens is 543 g/mol. The zero-order valence-corrected chi connectivity index (χ0v) is 26.1. The minimum absolute atomic E-state index is 0.161. The van der Waals surface area contributed by atoms with Gasteiger partial charge in [0.1, 0.15) is 6.61 Å². The molecular formula is C32H53O8P. The lowest BCUT2D eigenvalue weighted by Gasteiger charge is -2.18. The van der Waals surface area contributed by atoms with Crippen LogP contribution in [0.15, 0.2) is 60.8 Å². The zero-order valence-electron chi connectivity index (χ0n) is 25.2. The molecule has 0 heterocycles. The van der Waals surface area contributed by atoms with E-state index in [4.69, 9.17) is 19.3 Å². The van der Waals surface area contributed by atoms with Crippen LogP contribution in [0.25, 0.3) is 0 Å². The van der Waals surface area contributed by atoms with E-state index in [2.05, 4.69) is 42.7 Å². The van der Waals surface area contributed by atoms with Gasteiger partial charge in [0.05, 0.1) is 6.61 Å². The second kappa shape index (κ2) is 27.9. The first-order valence-electron chi connectivity index (χ1n) is 15.1. The summed E-state index contributed by atoms with van der Waals surface area (Å²) in [7, 11) is -4.76. The molecule has 0 saturated carbocycles. The van der Waals surface area contributed by atoms with E-state index in [0.29, 0.717) is 12.8 Å². The molecule has 0 bridgehead atoms. The first-order valence-corrected chi connectivity index (χ1v) is 16.7. The normalized spacial score (nSPS) is 13.4. The topological polar surface area (TPSA) is 119 Å². The number of ether oxygens (including phenoxy) is 2. The molecule has 0 fully saturated rings. The van der Waals surface area contributed by atoms with Crippen LogP contribution in [0.4, 0.5) is 0 Å². The fraction of sp³-hybridized carbons (Fsp3) is 0.625. The second-order valence-electron chi connectivity index (χ2n) is 9.78. The molecule has 0 amide bonds. The van der Waals surface area contributed by atoms with Crippen LogP contribution in [0.2, 0.25) is 0 Å². The van der Waals surface area contributed by atoms with E-state index in [9.17, 15) is 14.2 Å². The fourth-order valence-corrected chi connectivity index (χ4v) is 3.96. The third kappa shape index (κ3) is 30.5. The molecule has 9 heteroatoms. The minimum Gasteiger partial charge on any atom is -0.462 e. The van der Waals surface area contributed by atoms with Crippen molar-refractivity contribution in [3.8, 4) is 0 Å². The van der Waals surface area contributed by atoms with E-state index in [1.807, 2.05) is 36.5 Å². The summed E-state index contributed by atoms with van der Waals surface area (Å²) in [4.78, 5) is 42.3. The van der Waals surface area contributed by atoms with Gasteiger partial charge in [0, 0.05) is 12.8 Å². The van der Waals surface area contributed by atoms with Gasteiger partial charge in [-0.05, 0) is 51.4 Å². The summed E-state index contributed by atoms with van der Waals surface area (Å²) in [5, 5.41) is 0. The molecule has 1 unspecified atom stereocenters. The molecule has 234 valence electrons. The van der Waals surface area contributed by atoms with Crippen LogP contribution in [0.5, 0.6) is 0 Å². The molecule has 0 rings (SSSR count). The number of esters is 2. The zero-order chi connectivity index (χ0) is 30.4. The van der Waals surface area contributed by atoms with Gasteiger partial charge >= 0.3 is 19.8 Å². The standard InChI is InChI=1S/C32H53O8P/c1-3-5-7-9-11-13-15-16-17-19-21-23-25-27-32(34)40-30(29-39-41(35,36)37)28-38-31(33)26-24-22-20-18-14-12-10-8-6-4-2/h5,7,9-13,15-17,30H,3-4,6,8,14,18-29H2,1-2H3,(H2,35,36,37)/b7-5+,11-9+,12-10+,15-13+,17-16+. The van der Waals surface area contributed by atoms with Crippen molar-refractivity contribution in [2.75, 3.05) is 13.2 Å². The number of carbonyl (C=O) groups is 2. The van der Waals surface area contributed by atoms with E-state index in [1.54, 1.807) is 0 Å². The molecule has 1 atom stereocenters. The quantitative estimate of drug-likeness (QED) is 0.0337. The van der Waals surface area contributed by atoms with Gasteiger partial charge in [-0.25, -0.2) is 4.57 Å². The lowest BCUT2D eigenvalue weighted by atomic mass is 10.1. The Balaban J connectivity index is 4.19. The fourth-order valence-electron chi connectivity index (χ4n) is 3.60. The molecule has 0 aromatic heterocycles. The maximum absolute atomic E-state index is 12.2.